The van der Waals surface area contributed by atoms with Crippen molar-refractivity contribution in [1.82, 2.24) is 9.62 Å². The van der Waals surface area contributed by atoms with Crippen LogP contribution in [0.15, 0.2) is 29.2 Å². The lowest BCUT2D eigenvalue weighted by molar-refractivity contribution is -0.141. The van der Waals surface area contributed by atoms with E-state index in [1.807, 2.05) is 0 Å². The van der Waals surface area contributed by atoms with Crippen LogP contribution in [0.1, 0.15) is 43.0 Å². The van der Waals surface area contributed by atoms with Crippen molar-refractivity contribution in [3.05, 3.63) is 29.8 Å². The fraction of sp³-hybridized carbons (Fsp3) is 0.556. The molecule has 1 heterocycles. The number of aliphatic carboxylic acids is 1. The van der Waals surface area contributed by atoms with Gasteiger partial charge in [-0.05, 0) is 56.9 Å². The number of carbonyl (C=O) groups excluding carboxylic acids is 1. The second-order valence-electron chi connectivity index (χ2n) is 6.97. The maximum atomic E-state index is 12.7. The van der Waals surface area contributed by atoms with Crippen molar-refractivity contribution >= 4 is 21.9 Å². The Morgan fingerprint density at radius 2 is 1.93 bits per heavy atom. The van der Waals surface area contributed by atoms with Gasteiger partial charge in [-0.3, -0.25) is 4.79 Å². The van der Waals surface area contributed by atoms with Crippen LogP contribution in [0.4, 0.5) is 0 Å². The smallest absolute Gasteiger partial charge is 0.326 e. The molecule has 2 aliphatic rings. The summed E-state index contributed by atoms with van der Waals surface area (Å²) in [5.74, 6) is -1.46. The first kappa shape index (κ1) is 19.8. The van der Waals surface area contributed by atoms with Crippen LogP contribution in [-0.2, 0) is 19.6 Å². The summed E-state index contributed by atoms with van der Waals surface area (Å²) >= 11 is 0. The van der Waals surface area contributed by atoms with Crippen LogP contribution in [0.3, 0.4) is 0 Å². The van der Waals surface area contributed by atoms with Gasteiger partial charge in [-0.25, -0.2) is 17.9 Å². The summed E-state index contributed by atoms with van der Waals surface area (Å²) in [6, 6.07) is 4.57. The second-order valence-corrected chi connectivity index (χ2v) is 8.74. The zero-order valence-corrected chi connectivity index (χ0v) is 15.9. The number of carboxylic acids is 1. The standard InChI is InChI=1S/C18H24N2O6S/c1-12(18(22)23)20(14-6-7-14)17(21)13-4-8-16(9-5-13)27(24,25)19-11-15-3-2-10-26-15/h4-5,8-9,12,14-15,19H,2-3,6-7,10-11H2,1H3,(H,22,23). The van der Waals surface area contributed by atoms with Gasteiger partial charge in [0.05, 0.1) is 11.0 Å². The number of nitrogens with zero attached hydrogens (tertiary/aromatic N) is 1. The number of rotatable bonds is 8. The molecule has 148 valence electrons. The number of carbonyl (C=O) groups is 2. The van der Waals surface area contributed by atoms with E-state index in [0.29, 0.717) is 6.61 Å². The molecule has 1 aliphatic carbocycles. The van der Waals surface area contributed by atoms with Crippen LogP contribution in [0.2, 0.25) is 0 Å². The summed E-state index contributed by atoms with van der Waals surface area (Å²) in [6.45, 7) is 2.34. The molecule has 3 rings (SSSR count). The molecular formula is C18H24N2O6S. The third-order valence-electron chi connectivity index (χ3n) is 4.89. The summed E-state index contributed by atoms with van der Waals surface area (Å²) in [5.41, 5.74) is 0.271. The van der Waals surface area contributed by atoms with Crippen molar-refractivity contribution in [2.24, 2.45) is 0 Å². The Morgan fingerprint density at radius 1 is 1.26 bits per heavy atom. The average Bonchev–Trinajstić information content (AvgIpc) is 3.33. The van der Waals surface area contributed by atoms with Crippen LogP contribution >= 0.6 is 0 Å². The topological polar surface area (TPSA) is 113 Å². The molecule has 0 aromatic heterocycles. The van der Waals surface area contributed by atoms with E-state index in [9.17, 15) is 23.1 Å². The molecule has 1 aromatic carbocycles. The van der Waals surface area contributed by atoms with Crippen LogP contribution in [0, 0.1) is 0 Å². The number of amides is 1. The largest absolute Gasteiger partial charge is 0.480 e. The number of hydrogen-bond acceptors (Lipinski definition) is 5. The molecule has 0 spiro atoms. The maximum Gasteiger partial charge on any atom is 0.326 e. The molecular weight excluding hydrogens is 372 g/mol. The van der Waals surface area contributed by atoms with Crippen LogP contribution in [0.25, 0.3) is 0 Å². The first-order chi connectivity index (χ1) is 12.8. The number of carboxylic acid groups (broad SMARTS) is 1. The van der Waals surface area contributed by atoms with Gasteiger partial charge in [-0.2, -0.15) is 0 Å². The lowest BCUT2D eigenvalue weighted by Crippen LogP contribution is -2.44. The van der Waals surface area contributed by atoms with Gasteiger partial charge in [-0.15, -0.1) is 0 Å². The maximum absolute atomic E-state index is 12.7. The van der Waals surface area contributed by atoms with Gasteiger partial charge in [0.15, 0.2) is 0 Å². The Labute approximate surface area is 158 Å². The fourth-order valence-corrected chi connectivity index (χ4v) is 4.21. The minimum atomic E-state index is -3.69. The van der Waals surface area contributed by atoms with Gasteiger partial charge in [-0.1, -0.05) is 0 Å². The summed E-state index contributed by atoms with van der Waals surface area (Å²) < 4.78 is 32.7. The Kier molecular flexibility index (Phi) is 5.83. The third-order valence-corrected chi connectivity index (χ3v) is 6.33. The quantitative estimate of drug-likeness (QED) is 0.683. The van der Waals surface area contributed by atoms with Crippen molar-refractivity contribution in [2.45, 2.75) is 55.7 Å². The van der Waals surface area contributed by atoms with Gasteiger partial charge in [0.1, 0.15) is 6.04 Å². The van der Waals surface area contributed by atoms with Gasteiger partial charge in [0.25, 0.3) is 5.91 Å². The lowest BCUT2D eigenvalue weighted by atomic mass is 10.1. The van der Waals surface area contributed by atoms with Gasteiger partial charge >= 0.3 is 5.97 Å². The molecule has 2 fully saturated rings. The van der Waals surface area contributed by atoms with E-state index in [1.165, 1.54) is 36.1 Å². The Hall–Kier alpha value is -1.97. The lowest BCUT2D eigenvalue weighted by Gasteiger charge is -2.26. The number of nitrogens with one attached hydrogen (secondary N) is 1. The Morgan fingerprint density at radius 3 is 2.44 bits per heavy atom. The highest BCUT2D eigenvalue weighted by atomic mass is 32.2. The van der Waals surface area contributed by atoms with Crippen molar-refractivity contribution in [2.75, 3.05) is 13.2 Å². The molecule has 2 unspecified atom stereocenters. The highest BCUT2D eigenvalue weighted by Gasteiger charge is 2.38. The number of hydrogen-bond donors (Lipinski definition) is 2. The second kappa shape index (κ2) is 7.95. The van der Waals surface area contributed by atoms with E-state index in [0.717, 1.165) is 25.7 Å². The predicted molar refractivity (Wildman–Crippen MR) is 96.9 cm³/mol. The van der Waals surface area contributed by atoms with Crippen LogP contribution in [-0.4, -0.2) is 61.6 Å². The predicted octanol–water partition coefficient (Wildman–Crippen LogP) is 1.22. The molecule has 27 heavy (non-hydrogen) atoms. The van der Waals surface area contributed by atoms with E-state index >= 15 is 0 Å². The SMILES string of the molecule is CC(C(=O)O)N(C(=O)c1ccc(S(=O)(=O)NCC2CCCO2)cc1)C1CC1. The van der Waals surface area contributed by atoms with Gasteiger partial charge in [0, 0.05) is 24.8 Å². The normalized spacial score (nSPS) is 21.0. The van der Waals surface area contributed by atoms with E-state index in [4.69, 9.17) is 4.74 Å². The van der Waals surface area contributed by atoms with Crippen molar-refractivity contribution in [3.63, 3.8) is 0 Å². The van der Waals surface area contributed by atoms with E-state index in [1.54, 1.807) is 0 Å². The minimum Gasteiger partial charge on any atom is -0.480 e. The summed E-state index contributed by atoms with van der Waals surface area (Å²) in [6.07, 6.45) is 3.21. The molecule has 1 saturated carbocycles. The Bertz CT molecular complexity index is 798. The molecule has 1 aromatic rings. The molecule has 1 saturated heterocycles. The van der Waals surface area contributed by atoms with Gasteiger partial charge < -0.3 is 14.7 Å². The van der Waals surface area contributed by atoms with Crippen LogP contribution < -0.4 is 4.72 Å². The van der Waals surface area contributed by atoms with Crippen molar-refractivity contribution in [3.8, 4) is 0 Å². The minimum absolute atomic E-state index is 0.0568. The van der Waals surface area contributed by atoms with Crippen molar-refractivity contribution < 1.29 is 27.9 Å². The molecule has 8 nitrogen and oxygen atoms in total. The molecule has 2 atom stereocenters. The molecule has 2 N–H and O–H groups in total. The molecule has 1 aliphatic heterocycles. The van der Waals surface area contributed by atoms with Crippen molar-refractivity contribution in [1.29, 1.82) is 0 Å². The zero-order valence-electron chi connectivity index (χ0n) is 15.1. The van der Waals surface area contributed by atoms with Gasteiger partial charge in [0.2, 0.25) is 10.0 Å². The number of sulfonamides is 1. The number of ether oxygens (including phenoxy) is 1. The summed E-state index contributed by atoms with van der Waals surface area (Å²) in [7, 11) is -3.69. The molecule has 0 bridgehead atoms. The third kappa shape index (κ3) is 4.66. The van der Waals surface area contributed by atoms with E-state index in [2.05, 4.69) is 4.72 Å². The highest BCUT2D eigenvalue weighted by Crippen LogP contribution is 2.30. The summed E-state index contributed by atoms with van der Waals surface area (Å²) in [5, 5.41) is 9.23. The highest BCUT2D eigenvalue weighted by molar-refractivity contribution is 7.89. The number of benzene rings is 1. The monoisotopic (exact) mass is 396 g/mol. The molecule has 9 heteroatoms. The van der Waals surface area contributed by atoms with E-state index < -0.39 is 27.9 Å². The summed E-state index contributed by atoms with van der Waals surface area (Å²) in [4.78, 5) is 25.4. The molecule has 1 amide bonds. The zero-order chi connectivity index (χ0) is 19.6. The first-order valence-electron chi connectivity index (χ1n) is 9.06. The molecule has 0 radical (unpaired) electrons. The van der Waals surface area contributed by atoms with Crippen LogP contribution in [0.5, 0.6) is 0 Å². The Balaban J connectivity index is 1.70. The first-order valence-corrected chi connectivity index (χ1v) is 10.5. The average molecular weight is 396 g/mol. The van der Waals surface area contributed by atoms with E-state index in [-0.39, 0.29) is 29.1 Å². The fourth-order valence-electron chi connectivity index (χ4n) is 3.15.